The molecule has 0 saturated carbocycles. The quantitative estimate of drug-likeness (QED) is 0.817. The lowest BCUT2D eigenvalue weighted by Crippen LogP contribution is -2.50. The number of nitrogens with one attached hydrogen (secondary N) is 2. The largest absolute Gasteiger partial charge is 0.349 e. The molecular weight excluding hydrogens is 349 g/mol. The molecule has 138 valence electrons. The van der Waals surface area contributed by atoms with Gasteiger partial charge in [0.25, 0.3) is 0 Å². The molecule has 0 aliphatic carbocycles. The number of nitrogens with zero attached hydrogens (tertiary/aromatic N) is 3. The van der Waals surface area contributed by atoms with Gasteiger partial charge >= 0.3 is 0 Å². The highest BCUT2D eigenvalue weighted by Gasteiger charge is 2.35. The van der Waals surface area contributed by atoms with Crippen LogP contribution < -0.4 is 10.6 Å². The van der Waals surface area contributed by atoms with Crippen LogP contribution in [0.5, 0.6) is 0 Å². The fourth-order valence-electron chi connectivity index (χ4n) is 3.72. The average Bonchev–Trinajstić information content (AvgIpc) is 3.22. The van der Waals surface area contributed by atoms with Crippen molar-refractivity contribution in [2.45, 2.75) is 57.8 Å². The van der Waals surface area contributed by atoms with Crippen LogP contribution in [-0.2, 0) is 17.9 Å². The van der Waals surface area contributed by atoms with E-state index in [1.807, 2.05) is 12.5 Å². The Morgan fingerprint density at radius 1 is 1.33 bits per heavy atom. The molecule has 2 aliphatic heterocycles. The standard InChI is InChI=1S/C16H27N5O.2ClH/c1-2-20-12-18-10-14(20)11-19-16(22)15-4-3-9-21(15)13-5-7-17-8-6-13;;/h10,12-13,15,17H,2-9,11H2,1H3,(H,19,22);2*1H/t15-;;/m0../s1. The Labute approximate surface area is 156 Å². The molecule has 1 aromatic heterocycles. The van der Waals surface area contributed by atoms with Gasteiger partial charge in [-0.25, -0.2) is 4.98 Å². The van der Waals surface area contributed by atoms with E-state index in [2.05, 4.69) is 32.0 Å². The van der Waals surface area contributed by atoms with Crippen molar-refractivity contribution >= 4 is 30.7 Å². The minimum absolute atomic E-state index is 0. The summed E-state index contributed by atoms with van der Waals surface area (Å²) in [5.74, 6) is 0.180. The van der Waals surface area contributed by atoms with Gasteiger partial charge in [-0.3, -0.25) is 9.69 Å². The Kier molecular flexibility index (Phi) is 9.05. The van der Waals surface area contributed by atoms with E-state index in [0.29, 0.717) is 12.6 Å². The van der Waals surface area contributed by atoms with Gasteiger partial charge in [0, 0.05) is 18.8 Å². The van der Waals surface area contributed by atoms with Crippen LogP contribution in [0.15, 0.2) is 12.5 Å². The minimum atomic E-state index is 0. The lowest BCUT2D eigenvalue weighted by atomic mass is 10.0. The third-order valence-electron chi connectivity index (χ3n) is 4.96. The van der Waals surface area contributed by atoms with E-state index in [1.165, 1.54) is 0 Å². The monoisotopic (exact) mass is 377 g/mol. The van der Waals surface area contributed by atoms with E-state index in [4.69, 9.17) is 0 Å². The van der Waals surface area contributed by atoms with Crippen LogP contribution in [0.4, 0.5) is 0 Å². The van der Waals surface area contributed by atoms with Gasteiger partial charge in [-0.15, -0.1) is 24.8 Å². The molecule has 6 nitrogen and oxygen atoms in total. The highest BCUT2D eigenvalue weighted by atomic mass is 35.5. The SMILES string of the molecule is CCn1cncc1CNC(=O)[C@@H]1CCCN1C1CCNCC1.Cl.Cl. The van der Waals surface area contributed by atoms with Crippen molar-refractivity contribution in [2.24, 2.45) is 0 Å². The van der Waals surface area contributed by atoms with Crippen LogP contribution in [-0.4, -0.2) is 52.1 Å². The number of carbonyl (C=O) groups excluding carboxylic acids is 1. The zero-order valence-electron chi connectivity index (χ0n) is 14.2. The molecule has 2 N–H and O–H groups in total. The average molecular weight is 378 g/mol. The minimum Gasteiger partial charge on any atom is -0.349 e. The number of amides is 1. The summed E-state index contributed by atoms with van der Waals surface area (Å²) in [5.41, 5.74) is 1.07. The number of imidazole rings is 1. The van der Waals surface area contributed by atoms with Crippen molar-refractivity contribution in [3.63, 3.8) is 0 Å². The number of halogens is 2. The van der Waals surface area contributed by atoms with Crippen molar-refractivity contribution in [3.8, 4) is 0 Å². The van der Waals surface area contributed by atoms with Gasteiger partial charge in [-0.05, 0) is 52.2 Å². The molecule has 8 heteroatoms. The molecule has 2 saturated heterocycles. The maximum Gasteiger partial charge on any atom is 0.237 e. The third-order valence-corrected chi connectivity index (χ3v) is 4.96. The molecule has 3 rings (SSSR count). The number of likely N-dealkylation sites (tertiary alicyclic amines) is 1. The fourth-order valence-corrected chi connectivity index (χ4v) is 3.72. The number of rotatable bonds is 5. The van der Waals surface area contributed by atoms with Crippen molar-refractivity contribution in [3.05, 3.63) is 18.2 Å². The molecule has 0 bridgehead atoms. The van der Waals surface area contributed by atoms with Gasteiger partial charge in [0.05, 0.1) is 24.6 Å². The Morgan fingerprint density at radius 2 is 2.08 bits per heavy atom. The summed E-state index contributed by atoms with van der Waals surface area (Å²) in [5, 5.41) is 6.52. The summed E-state index contributed by atoms with van der Waals surface area (Å²) in [6, 6.07) is 0.627. The number of aromatic nitrogens is 2. The second kappa shape index (κ2) is 10.2. The third kappa shape index (κ3) is 4.85. The van der Waals surface area contributed by atoms with E-state index < -0.39 is 0 Å². The van der Waals surface area contributed by atoms with Gasteiger partial charge in [-0.1, -0.05) is 0 Å². The predicted molar refractivity (Wildman–Crippen MR) is 99.9 cm³/mol. The molecule has 1 amide bonds. The molecule has 0 radical (unpaired) electrons. The number of aryl methyl sites for hydroxylation is 1. The zero-order valence-corrected chi connectivity index (χ0v) is 15.9. The highest BCUT2D eigenvalue weighted by molar-refractivity contribution is 5.85. The smallest absolute Gasteiger partial charge is 0.237 e. The van der Waals surface area contributed by atoms with E-state index in [9.17, 15) is 4.79 Å². The topological polar surface area (TPSA) is 62.2 Å². The van der Waals surface area contributed by atoms with E-state index in [0.717, 1.165) is 57.6 Å². The van der Waals surface area contributed by atoms with Crippen molar-refractivity contribution in [1.29, 1.82) is 0 Å². The summed E-state index contributed by atoms with van der Waals surface area (Å²) >= 11 is 0. The first-order valence-corrected chi connectivity index (χ1v) is 8.52. The number of piperidine rings is 1. The Morgan fingerprint density at radius 3 is 2.79 bits per heavy atom. The van der Waals surface area contributed by atoms with Crippen LogP contribution in [0.25, 0.3) is 0 Å². The summed E-state index contributed by atoms with van der Waals surface area (Å²) in [4.78, 5) is 19.2. The molecule has 2 fully saturated rings. The van der Waals surface area contributed by atoms with E-state index >= 15 is 0 Å². The van der Waals surface area contributed by atoms with Crippen molar-refractivity contribution < 1.29 is 4.79 Å². The summed E-state index contributed by atoms with van der Waals surface area (Å²) < 4.78 is 2.07. The molecule has 1 atom stereocenters. The maximum atomic E-state index is 12.6. The fraction of sp³-hybridized carbons (Fsp3) is 0.750. The first kappa shape index (κ1) is 21.2. The van der Waals surface area contributed by atoms with Gasteiger partial charge in [0.15, 0.2) is 0 Å². The van der Waals surface area contributed by atoms with E-state index in [1.54, 1.807) is 0 Å². The van der Waals surface area contributed by atoms with Crippen LogP contribution in [0.3, 0.4) is 0 Å². The van der Waals surface area contributed by atoms with Gasteiger partial charge in [-0.2, -0.15) is 0 Å². The van der Waals surface area contributed by atoms with Gasteiger partial charge < -0.3 is 15.2 Å². The number of carbonyl (C=O) groups is 1. The van der Waals surface area contributed by atoms with Crippen LogP contribution in [0, 0.1) is 0 Å². The van der Waals surface area contributed by atoms with E-state index in [-0.39, 0.29) is 36.8 Å². The lowest BCUT2D eigenvalue weighted by Gasteiger charge is -2.35. The Hall–Kier alpha value is -0.820. The first-order valence-electron chi connectivity index (χ1n) is 8.52. The molecular formula is C16H29Cl2N5O. The lowest BCUT2D eigenvalue weighted by molar-refractivity contribution is -0.126. The normalized spacial score (nSPS) is 21.8. The first-order chi connectivity index (χ1) is 10.8. The summed E-state index contributed by atoms with van der Waals surface area (Å²) in [7, 11) is 0. The second-order valence-electron chi connectivity index (χ2n) is 6.27. The molecule has 1 aromatic rings. The molecule has 24 heavy (non-hydrogen) atoms. The molecule has 0 aromatic carbocycles. The second-order valence-corrected chi connectivity index (χ2v) is 6.27. The summed E-state index contributed by atoms with van der Waals surface area (Å²) in [6.07, 6.45) is 8.10. The van der Waals surface area contributed by atoms with Crippen molar-refractivity contribution in [1.82, 2.24) is 25.1 Å². The number of hydrogen-bond donors (Lipinski definition) is 2. The van der Waals surface area contributed by atoms with Gasteiger partial charge in [0.1, 0.15) is 0 Å². The van der Waals surface area contributed by atoms with Crippen LogP contribution >= 0.6 is 24.8 Å². The highest BCUT2D eigenvalue weighted by Crippen LogP contribution is 2.24. The maximum absolute atomic E-state index is 12.6. The molecule has 0 spiro atoms. The predicted octanol–water partition coefficient (Wildman–Crippen LogP) is 1.58. The van der Waals surface area contributed by atoms with Gasteiger partial charge in [0.2, 0.25) is 5.91 Å². The zero-order chi connectivity index (χ0) is 15.4. The Balaban J connectivity index is 0.00000144. The number of hydrogen-bond acceptors (Lipinski definition) is 4. The Bertz CT molecular complexity index is 504. The summed E-state index contributed by atoms with van der Waals surface area (Å²) in [6.45, 7) is 6.76. The van der Waals surface area contributed by atoms with Crippen LogP contribution in [0.2, 0.25) is 0 Å². The molecule has 0 unspecified atom stereocenters. The molecule has 2 aliphatic rings. The van der Waals surface area contributed by atoms with Crippen LogP contribution in [0.1, 0.15) is 38.3 Å². The van der Waals surface area contributed by atoms with Crippen molar-refractivity contribution in [2.75, 3.05) is 19.6 Å². The molecule has 3 heterocycles.